The highest BCUT2D eigenvalue weighted by Gasteiger charge is 1.97. The Kier molecular flexibility index (Phi) is 3.48. The van der Waals surface area contributed by atoms with E-state index < -0.39 is 0 Å². The lowest BCUT2D eigenvalue weighted by Crippen LogP contribution is -1.87. The standard InChI is InChI=1S/C10H11BrO/c1-2-3-8-4-9(7-12)6-10(11)5-8/h4-7H,2-3H2,1H3. The van der Waals surface area contributed by atoms with E-state index >= 15 is 0 Å². The Labute approximate surface area is 80.9 Å². The third kappa shape index (κ3) is 2.45. The first-order valence-corrected chi connectivity index (χ1v) is 4.80. The Bertz CT molecular complexity index is 281. The quantitative estimate of drug-likeness (QED) is 0.724. The van der Waals surface area contributed by atoms with Crippen molar-refractivity contribution in [1.82, 2.24) is 0 Å². The van der Waals surface area contributed by atoms with Gasteiger partial charge in [0.05, 0.1) is 0 Å². The molecule has 0 radical (unpaired) electrons. The van der Waals surface area contributed by atoms with Crippen LogP contribution in [0.2, 0.25) is 0 Å². The van der Waals surface area contributed by atoms with Crippen molar-refractivity contribution in [3.63, 3.8) is 0 Å². The van der Waals surface area contributed by atoms with E-state index in [0.717, 1.165) is 29.2 Å². The molecule has 1 aromatic rings. The number of carbonyl (C=O) groups is 1. The molecule has 0 saturated carbocycles. The van der Waals surface area contributed by atoms with Crippen molar-refractivity contribution in [2.75, 3.05) is 0 Å². The summed E-state index contributed by atoms with van der Waals surface area (Å²) in [6, 6.07) is 5.81. The molecule has 0 bridgehead atoms. The second-order valence-electron chi connectivity index (χ2n) is 2.76. The molecule has 0 aliphatic rings. The van der Waals surface area contributed by atoms with E-state index in [1.54, 1.807) is 0 Å². The van der Waals surface area contributed by atoms with E-state index in [-0.39, 0.29) is 0 Å². The Morgan fingerprint density at radius 2 is 2.17 bits per heavy atom. The highest BCUT2D eigenvalue weighted by molar-refractivity contribution is 9.10. The summed E-state index contributed by atoms with van der Waals surface area (Å²) in [5.74, 6) is 0. The molecule has 1 nitrogen and oxygen atoms in total. The molecular formula is C10H11BrO. The average Bonchev–Trinajstić information content (AvgIpc) is 2.04. The number of aryl methyl sites for hydroxylation is 1. The lowest BCUT2D eigenvalue weighted by molar-refractivity contribution is 0.112. The lowest BCUT2D eigenvalue weighted by atomic mass is 10.1. The van der Waals surface area contributed by atoms with Crippen LogP contribution in [0.15, 0.2) is 22.7 Å². The Hall–Kier alpha value is -0.630. The lowest BCUT2D eigenvalue weighted by Gasteiger charge is -2.00. The van der Waals surface area contributed by atoms with Crippen molar-refractivity contribution in [2.45, 2.75) is 19.8 Å². The number of aldehydes is 1. The van der Waals surface area contributed by atoms with Crippen LogP contribution in [0.4, 0.5) is 0 Å². The van der Waals surface area contributed by atoms with Crippen molar-refractivity contribution < 1.29 is 4.79 Å². The molecule has 2 heteroatoms. The normalized spacial score (nSPS) is 9.83. The van der Waals surface area contributed by atoms with Crippen molar-refractivity contribution in [1.29, 1.82) is 0 Å². The first-order valence-electron chi connectivity index (χ1n) is 4.01. The molecule has 0 fully saturated rings. The predicted octanol–water partition coefficient (Wildman–Crippen LogP) is 3.21. The maximum absolute atomic E-state index is 10.5. The molecule has 0 spiro atoms. The fourth-order valence-corrected chi connectivity index (χ4v) is 1.73. The number of hydrogen-bond donors (Lipinski definition) is 0. The molecule has 0 unspecified atom stereocenters. The molecule has 0 N–H and O–H groups in total. The average molecular weight is 227 g/mol. The monoisotopic (exact) mass is 226 g/mol. The first-order chi connectivity index (χ1) is 5.76. The zero-order valence-corrected chi connectivity index (χ0v) is 8.60. The van der Waals surface area contributed by atoms with Crippen LogP contribution in [0.1, 0.15) is 29.3 Å². The Balaban J connectivity index is 2.97. The molecule has 12 heavy (non-hydrogen) atoms. The SMILES string of the molecule is CCCc1cc(Br)cc(C=O)c1. The first kappa shape index (κ1) is 9.46. The Morgan fingerprint density at radius 3 is 2.75 bits per heavy atom. The van der Waals surface area contributed by atoms with Crippen LogP contribution >= 0.6 is 15.9 Å². The zero-order valence-electron chi connectivity index (χ0n) is 7.01. The number of carbonyl (C=O) groups excluding carboxylic acids is 1. The topological polar surface area (TPSA) is 17.1 Å². The fourth-order valence-electron chi connectivity index (χ4n) is 1.18. The summed E-state index contributed by atoms with van der Waals surface area (Å²) in [5, 5.41) is 0. The number of rotatable bonds is 3. The van der Waals surface area contributed by atoms with Crippen LogP contribution in [-0.2, 0) is 6.42 Å². The zero-order chi connectivity index (χ0) is 8.97. The highest BCUT2D eigenvalue weighted by Crippen LogP contribution is 2.15. The van der Waals surface area contributed by atoms with Gasteiger partial charge < -0.3 is 0 Å². The van der Waals surface area contributed by atoms with Gasteiger partial charge in [-0.3, -0.25) is 4.79 Å². The molecule has 0 aromatic heterocycles. The number of hydrogen-bond acceptors (Lipinski definition) is 1. The van der Waals surface area contributed by atoms with Gasteiger partial charge in [-0.05, 0) is 30.2 Å². The van der Waals surface area contributed by atoms with Crippen LogP contribution in [0.5, 0.6) is 0 Å². The van der Waals surface area contributed by atoms with Gasteiger partial charge in [0.15, 0.2) is 0 Å². The van der Waals surface area contributed by atoms with Crippen LogP contribution in [0.3, 0.4) is 0 Å². The molecule has 0 heterocycles. The van der Waals surface area contributed by atoms with Gasteiger partial charge in [0.25, 0.3) is 0 Å². The van der Waals surface area contributed by atoms with Crippen molar-refractivity contribution in [2.24, 2.45) is 0 Å². The third-order valence-corrected chi connectivity index (χ3v) is 2.11. The number of halogens is 1. The smallest absolute Gasteiger partial charge is 0.150 e. The summed E-state index contributed by atoms with van der Waals surface area (Å²) in [4.78, 5) is 10.5. The summed E-state index contributed by atoms with van der Waals surface area (Å²) in [7, 11) is 0. The van der Waals surface area contributed by atoms with Gasteiger partial charge in [-0.15, -0.1) is 0 Å². The van der Waals surface area contributed by atoms with E-state index in [1.807, 2.05) is 12.1 Å². The van der Waals surface area contributed by atoms with Gasteiger partial charge in [0.1, 0.15) is 6.29 Å². The van der Waals surface area contributed by atoms with Crippen molar-refractivity contribution in [3.05, 3.63) is 33.8 Å². The highest BCUT2D eigenvalue weighted by atomic mass is 79.9. The largest absolute Gasteiger partial charge is 0.298 e. The molecular weight excluding hydrogens is 216 g/mol. The molecule has 1 rings (SSSR count). The van der Waals surface area contributed by atoms with E-state index in [4.69, 9.17) is 0 Å². The molecule has 0 amide bonds. The van der Waals surface area contributed by atoms with E-state index in [1.165, 1.54) is 5.56 Å². The second-order valence-corrected chi connectivity index (χ2v) is 3.68. The van der Waals surface area contributed by atoms with Gasteiger partial charge in [-0.1, -0.05) is 29.3 Å². The summed E-state index contributed by atoms with van der Waals surface area (Å²) >= 11 is 3.36. The molecule has 0 atom stereocenters. The summed E-state index contributed by atoms with van der Waals surface area (Å²) in [5.41, 5.74) is 1.96. The van der Waals surface area contributed by atoms with Gasteiger partial charge in [0, 0.05) is 10.0 Å². The summed E-state index contributed by atoms with van der Waals surface area (Å²) in [6.07, 6.45) is 3.01. The minimum absolute atomic E-state index is 0.743. The van der Waals surface area contributed by atoms with Crippen LogP contribution < -0.4 is 0 Å². The van der Waals surface area contributed by atoms with E-state index in [9.17, 15) is 4.79 Å². The summed E-state index contributed by atoms with van der Waals surface area (Å²) in [6.45, 7) is 2.13. The van der Waals surface area contributed by atoms with Crippen LogP contribution in [0, 0.1) is 0 Å². The molecule has 0 aliphatic heterocycles. The minimum Gasteiger partial charge on any atom is -0.298 e. The third-order valence-electron chi connectivity index (χ3n) is 1.65. The van der Waals surface area contributed by atoms with Crippen molar-refractivity contribution >= 4 is 22.2 Å². The van der Waals surface area contributed by atoms with Gasteiger partial charge in [-0.2, -0.15) is 0 Å². The summed E-state index contributed by atoms with van der Waals surface area (Å²) < 4.78 is 0.982. The maximum Gasteiger partial charge on any atom is 0.150 e. The van der Waals surface area contributed by atoms with Gasteiger partial charge in [0.2, 0.25) is 0 Å². The molecule has 0 aliphatic carbocycles. The van der Waals surface area contributed by atoms with E-state index in [0.29, 0.717) is 0 Å². The van der Waals surface area contributed by atoms with Crippen molar-refractivity contribution in [3.8, 4) is 0 Å². The Morgan fingerprint density at radius 1 is 1.42 bits per heavy atom. The maximum atomic E-state index is 10.5. The van der Waals surface area contributed by atoms with Gasteiger partial charge >= 0.3 is 0 Å². The minimum atomic E-state index is 0.743. The fraction of sp³-hybridized carbons (Fsp3) is 0.300. The van der Waals surface area contributed by atoms with E-state index in [2.05, 4.69) is 28.9 Å². The van der Waals surface area contributed by atoms with Crippen LogP contribution in [0.25, 0.3) is 0 Å². The molecule has 64 valence electrons. The van der Waals surface area contributed by atoms with Crippen LogP contribution in [-0.4, -0.2) is 6.29 Å². The van der Waals surface area contributed by atoms with Gasteiger partial charge in [-0.25, -0.2) is 0 Å². The molecule has 1 aromatic carbocycles. The predicted molar refractivity (Wildman–Crippen MR) is 53.5 cm³/mol. The number of benzene rings is 1. The second kappa shape index (κ2) is 4.41. The molecule has 0 saturated heterocycles.